The van der Waals surface area contributed by atoms with Crippen molar-refractivity contribution in [2.45, 2.75) is 88.8 Å². The quantitative estimate of drug-likeness (QED) is 0.331. The van der Waals surface area contributed by atoms with Gasteiger partial charge in [-0.2, -0.15) is 0 Å². The summed E-state index contributed by atoms with van der Waals surface area (Å²) in [4.78, 5) is 27.3. The van der Waals surface area contributed by atoms with E-state index < -0.39 is 14.5 Å². The van der Waals surface area contributed by atoms with Gasteiger partial charge in [-0.25, -0.2) is 0 Å². The fraction of sp³-hybridized carbons (Fsp3) is 0.714. The zero-order valence-corrected chi connectivity index (χ0v) is 23.5. The standard InChI is InChI=1S/C28H44FN3O4Si/c1-19-24(13-10-20-8-11-22(12-9-20)31-28(35)21-6-4-14-30-17-21)36-25(27(19)37(2,3)29)16-26(34)32-15-5-7-23(32)18-33/h8-9,11-12,19,21,23-25,27,30,33H,4-7,10,13-18H2,1-3H3,(H,31,35)/t19-,21?,23-,24+,25-,27+/m0/s1. The van der Waals surface area contributed by atoms with Crippen LogP contribution in [-0.4, -0.2) is 74.7 Å². The minimum Gasteiger partial charge on any atom is -0.394 e. The number of rotatable bonds is 9. The van der Waals surface area contributed by atoms with Gasteiger partial charge in [0, 0.05) is 24.3 Å². The van der Waals surface area contributed by atoms with Gasteiger partial charge in [-0.1, -0.05) is 19.1 Å². The van der Waals surface area contributed by atoms with Crippen molar-refractivity contribution in [3.05, 3.63) is 29.8 Å². The van der Waals surface area contributed by atoms with E-state index in [0.717, 1.165) is 62.9 Å². The van der Waals surface area contributed by atoms with Gasteiger partial charge in [-0.3, -0.25) is 9.59 Å². The SMILES string of the molecule is C[C@@H]1[C@@H]([Si](C)(C)F)[C@H](CC(=O)N2CCC[C@H]2CO)O[C@@H]1CCc1ccc(NC(=O)C2CCCNC2)cc1. The van der Waals surface area contributed by atoms with Crippen LogP contribution in [0.2, 0.25) is 18.6 Å². The van der Waals surface area contributed by atoms with E-state index in [0.29, 0.717) is 6.54 Å². The minimum atomic E-state index is -3.06. The van der Waals surface area contributed by atoms with Gasteiger partial charge in [0.1, 0.15) is 0 Å². The van der Waals surface area contributed by atoms with E-state index in [-0.39, 0.29) is 54.4 Å². The summed E-state index contributed by atoms with van der Waals surface area (Å²) >= 11 is 0. The molecule has 6 atom stereocenters. The maximum absolute atomic E-state index is 15.4. The Balaban J connectivity index is 1.33. The second kappa shape index (κ2) is 12.4. The Morgan fingerprint density at radius 1 is 1.19 bits per heavy atom. The molecule has 3 N–H and O–H groups in total. The molecule has 3 fully saturated rings. The summed E-state index contributed by atoms with van der Waals surface area (Å²) in [5.74, 6) is 0.0983. The van der Waals surface area contributed by atoms with Gasteiger partial charge in [-0.05, 0) is 81.8 Å². The smallest absolute Gasteiger partial charge is 0.246 e. The second-order valence-corrected chi connectivity index (χ2v) is 15.5. The molecule has 3 heterocycles. The molecule has 0 saturated carbocycles. The number of carbonyl (C=O) groups is 2. The Bertz CT molecular complexity index is 919. The van der Waals surface area contributed by atoms with Crippen LogP contribution in [-0.2, 0) is 20.7 Å². The molecule has 0 spiro atoms. The van der Waals surface area contributed by atoms with E-state index in [1.807, 2.05) is 24.3 Å². The zero-order chi connectivity index (χ0) is 26.6. The minimum absolute atomic E-state index is 0.0190. The van der Waals surface area contributed by atoms with Crippen molar-refractivity contribution < 1.29 is 23.5 Å². The molecule has 7 nitrogen and oxygen atoms in total. The number of anilines is 1. The van der Waals surface area contributed by atoms with Crippen LogP contribution in [0.5, 0.6) is 0 Å². The number of piperidine rings is 1. The summed E-state index contributed by atoms with van der Waals surface area (Å²) in [5, 5.41) is 15.9. The molecule has 0 aliphatic carbocycles. The molecule has 0 bridgehead atoms. The second-order valence-electron chi connectivity index (χ2n) is 11.7. The molecule has 206 valence electrons. The van der Waals surface area contributed by atoms with Gasteiger partial charge in [-0.15, -0.1) is 0 Å². The number of aliphatic hydroxyl groups is 1. The Morgan fingerprint density at radius 3 is 2.59 bits per heavy atom. The Kier molecular flexibility index (Phi) is 9.42. The average Bonchev–Trinajstić information content (AvgIpc) is 3.48. The Morgan fingerprint density at radius 2 is 1.95 bits per heavy atom. The highest BCUT2D eigenvalue weighted by Gasteiger charge is 2.52. The molecule has 2 amide bonds. The number of hydrogen-bond acceptors (Lipinski definition) is 5. The summed E-state index contributed by atoms with van der Waals surface area (Å²) < 4.78 is 21.8. The highest BCUT2D eigenvalue weighted by Crippen LogP contribution is 2.47. The topological polar surface area (TPSA) is 90.9 Å². The number of aliphatic hydroxyl groups excluding tert-OH is 1. The number of halogens is 1. The lowest BCUT2D eigenvalue weighted by Crippen LogP contribution is -2.42. The fourth-order valence-electron chi connectivity index (χ4n) is 6.60. The van der Waals surface area contributed by atoms with Crippen LogP contribution >= 0.6 is 0 Å². The van der Waals surface area contributed by atoms with Gasteiger partial charge in [0.25, 0.3) is 0 Å². The lowest BCUT2D eigenvalue weighted by Gasteiger charge is -2.30. The molecule has 0 radical (unpaired) electrons. The average molecular weight is 534 g/mol. The van der Waals surface area contributed by atoms with Gasteiger partial charge in [0.2, 0.25) is 20.2 Å². The fourth-order valence-corrected chi connectivity index (χ4v) is 9.15. The third kappa shape index (κ3) is 6.99. The summed E-state index contributed by atoms with van der Waals surface area (Å²) in [6, 6.07) is 7.82. The van der Waals surface area contributed by atoms with Gasteiger partial charge < -0.3 is 29.5 Å². The molecule has 3 aliphatic rings. The van der Waals surface area contributed by atoms with Crippen molar-refractivity contribution in [1.29, 1.82) is 0 Å². The van der Waals surface area contributed by atoms with Crippen LogP contribution in [0.1, 0.15) is 51.0 Å². The molecule has 3 aliphatic heterocycles. The molecule has 9 heteroatoms. The first kappa shape index (κ1) is 28.2. The zero-order valence-electron chi connectivity index (χ0n) is 22.5. The number of hydrogen-bond donors (Lipinski definition) is 3. The highest BCUT2D eigenvalue weighted by atomic mass is 28.4. The van der Waals surface area contributed by atoms with Crippen molar-refractivity contribution in [2.75, 3.05) is 31.6 Å². The first-order chi connectivity index (χ1) is 17.7. The Labute approximate surface area is 221 Å². The maximum atomic E-state index is 15.4. The first-order valence-electron chi connectivity index (χ1n) is 14.0. The van der Waals surface area contributed by atoms with E-state index in [9.17, 15) is 14.7 Å². The van der Waals surface area contributed by atoms with Crippen LogP contribution < -0.4 is 10.6 Å². The highest BCUT2D eigenvalue weighted by molar-refractivity contribution is 6.72. The van der Waals surface area contributed by atoms with Gasteiger partial charge in [0.15, 0.2) is 0 Å². The van der Waals surface area contributed by atoms with E-state index in [1.165, 1.54) is 0 Å². The van der Waals surface area contributed by atoms with Crippen LogP contribution in [0, 0.1) is 11.8 Å². The van der Waals surface area contributed by atoms with E-state index in [1.54, 1.807) is 18.0 Å². The number of nitrogens with zero attached hydrogens (tertiary/aromatic N) is 1. The van der Waals surface area contributed by atoms with Gasteiger partial charge >= 0.3 is 0 Å². The molecule has 0 aromatic heterocycles. The van der Waals surface area contributed by atoms with E-state index in [4.69, 9.17) is 4.74 Å². The van der Waals surface area contributed by atoms with Crippen molar-refractivity contribution in [1.82, 2.24) is 10.2 Å². The molecule has 1 unspecified atom stereocenters. The van der Waals surface area contributed by atoms with Crippen LogP contribution in [0.3, 0.4) is 0 Å². The lowest BCUT2D eigenvalue weighted by molar-refractivity contribution is -0.135. The van der Waals surface area contributed by atoms with Crippen molar-refractivity contribution >= 4 is 25.9 Å². The molecule has 37 heavy (non-hydrogen) atoms. The monoisotopic (exact) mass is 533 g/mol. The first-order valence-corrected chi connectivity index (χ1v) is 17.0. The summed E-state index contributed by atoms with van der Waals surface area (Å²) in [6.07, 6.45) is 4.88. The number of amides is 2. The number of likely N-dealkylation sites (tertiary alicyclic amines) is 1. The normalized spacial score (nSPS) is 30.5. The predicted octanol–water partition coefficient (Wildman–Crippen LogP) is 3.88. The van der Waals surface area contributed by atoms with Crippen molar-refractivity contribution in [2.24, 2.45) is 11.8 Å². The third-order valence-corrected chi connectivity index (χ3v) is 11.1. The van der Waals surface area contributed by atoms with Crippen LogP contribution in [0.4, 0.5) is 9.80 Å². The van der Waals surface area contributed by atoms with Crippen LogP contribution in [0.15, 0.2) is 24.3 Å². The molecule has 1 aromatic rings. The number of benzene rings is 1. The summed E-state index contributed by atoms with van der Waals surface area (Å²) in [5.41, 5.74) is 1.71. The third-order valence-electron chi connectivity index (χ3n) is 8.59. The Hall–Kier alpha value is -1.81. The molecular weight excluding hydrogens is 489 g/mol. The van der Waals surface area contributed by atoms with Gasteiger partial charge in [0.05, 0.1) is 37.2 Å². The lowest BCUT2D eigenvalue weighted by atomic mass is 9.95. The number of carbonyl (C=O) groups excluding carboxylic acids is 2. The predicted molar refractivity (Wildman–Crippen MR) is 146 cm³/mol. The molecular formula is C28H44FN3O4Si. The van der Waals surface area contributed by atoms with E-state index in [2.05, 4.69) is 17.6 Å². The molecule has 3 saturated heterocycles. The number of nitrogens with one attached hydrogen (secondary N) is 2. The largest absolute Gasteiger partial charge is 0.394 e. The molecule has 4 rings (SSSR count). The van der Waals surface area contributed by atoms with Crippen LogP contribution in [0.25, 0.3) is 0 Å². The van der Waals surface area contributed by atoms with Crippen molar-refractivity contribution in [3.63, 3.8) is 0 Å². The number of aryl methyl sites for hydroxylation is 1. The van der Waals surface area contributed by atoms with Crippen molar-refractivity contribution in [3.8, 4) is 0 Å². The maximum Gasteiger partial charge on any atom is 0.246 e. The molecule has 1 aromatic carbocycles. The summed E-state index contributed by atoms with van der Waals surface area (Å²) in [7, 11) is -3.06. The van der Waals surface area contributed by atoms with E-state index >= 15 is 4.11 Å². The summed E-state index contributed by atoms with van der Waals surface area (Å²) in [6.45, 7) is 7.86. The number of ether oxygens (including phenoxy) is 1.